The van der Waals surface area contributed by atoms with Gasteiger partial charge in [-0.05, 0) is 30.3 Å². The van der Waals surface area contributed by atoms with E-state index in [-0.39, 0.29) is 34.0 Å². The van der Waals surface area contributed by atoms with Gasteiger partial charge in [-0.2, -0.15) is 0 Å². The van der Waals surface area contributed by atoms with E-state index in [4.69, 9.17) is 28.1 Å². The number of para-hydroxylation sites is 1. The van der Waals surface area contributed by atoms with Crippen molar-refractivity contribution in [2.45, 2.75) is 12.4 Å². The molecule has 32 heavy (non-hydrogen) atoms. The second-order valence-electron chi connectivity index (χ2n) is 7.23. The molecule has 2 atom stereocenters. The first-order chi connectivity index (χ1) is 15.5. The van der Waals surface area contributed by atoms with Crippen molar-refractivity contribution in [2.75, 3.05) is 21.3 Å². The molecule has 8 heteroatoms. The van der Waals surface area contributed by atoms with Crippen molar-refractivity contribution in [1.82, 2.24) is 0 Å². The summed E-state index contributed by atoms with van der Waals surface area (Å²) in [6, 6.07) is 13.4. The highest BCUT2D eigenvalue weighted by molar-refractivity contribution is 5.95. The van der Waals surface area contributed by atoms with E-state index in [2.05, 4.69) is 0 Å². The van der Waals surface area contributed by atoms with Gasteiger partial charge < -0.3 is 33.2 Å². The van der Waals surface area contributed by atoms with Crippen LogP contribution in [0.4, 0.5) is 0 Å². The number of fused-ring (bicyclic) bond motifs is 3. The lowest BCUT2D eigenvalue weighted by atomic mass is 10.1. The third-order valence-corrected chi connectivity index (χ3v) is 5.45. The van der Waals surface area contributed by atoms with Crippen LogP contribution in [0, 0.1) is 0 Å². The molecule has 1 aromatic heterocycles. The van der Waals surface area contributed by atoms with E-state index in [9.17, 15) is 9.90 Å². The molecule has 0 saturated heterocycles. The molecule has 0 saturated carbocycles. The fourth-order valence-corrected chi connectivity index (χ4v) is 3.89. The Hall–Kier alpha value is -3.91. The van der Waals surface area contributed by atoms with Crippen molar-refractivity contribution in [3.05, 3.63) is 64.3 Å². The van der Waals surface area contributed by atoms with Gasteiger partial charge in [-0.3, -0.25) is 4.79 Å². The minimum atomic E-state index is -0.827. The number of benzene rings is 3. The largest absolute Gasteiger partial charge is 0.504 e. The number of phenols is 1. The van der Waals surface area contributed by atoms with E-state index >= 15 is 0 Å². The van der Waals surface area contributed by atoms with Crippen LogP contribution in [-0.4, -0.2) is 32.7 Å². The number of aromatic hydroxyl groups is 1. The molecule has 4 aromatic rings. The Balaban J connectivity index is 1.71. The summed E-state index contributed by atoms with van der Waals surface area (Å²) >= 11 is 0. The number of rotatable bonds is 4. The summed E-state index contributed by atoms with van der Waals surface area (Å²) in [6.45, 7) is 0. The minimum Gasteiger partial charge on any atom is -0.504 e. The summed E-state index contributed by atoms with van der Waals surface area (Å²) < 4.78 is 34.7. The number of ether oxygens (including phenoxy) is 5. The summed E-state index contributed by atoms with van der Waals surface area (Å²) in [5, 5.41) is 10.7. The predicted octanol–water partition coefficient (Wildman–Crippen LogP) is 4.15. The maximum Gasteiger partial charge on any atom is 0.241 e. The fraction of sp³-hybridized carbons (Fsp3) is 0.208. The molecule has 0 spiro atoms. The fourth-order valence-electron chi connectivity index (χ4n) is 3.89. The number of phenolic OH excluding ortho intramolecular Hbond substituents is 1. The van der Waals surface area contributed by atoms with Gasteiger partial charge in [0.15, 0.2) is 28.9 Å². The second-order valence-corrected chi connectivity index (χ2v) is 7.23. The van der Waals surface area contributed by atoms with Crippen LogP contribution in [0.1, 0.15) is 11.7 Å². The van der Waals surface area contributed by atoms with Crippen molar-refractivity contribution in [3.63, 3.8) is 0 Å². The number of methoxy groups -OCH3 is 3. The van der Waals surface area contributed by atoms with Gasteiger partial charge in [-0.15, -0.1) is 0 Å². The van der Waals surface area contributed by atoms with Crippen molar-refractivity contribution in [3.8, 4) is 28.7 Å². The molecule has 1 aliphatic heterocycles. The Kier molecular flexibility index (Phi) is 4.79. The quantitative estimate of drug-likeness (QED) is 0.477. The molecule has 164 valence electrons. The molecule has 1 aliphatic rings. The zero-order valence-corrected chi connectivity index (χ0v) is 17.6. The molecule has 0 radical (unpaired) electrons. The molecule has 0 bridgehead atoms. The Labute approximate surface area is 182 Å². The van der Waals surface area contributed by atoms with Crippen molar-refractivity contribution in [2.24, 2.45) is 0 Å². The summed E-state index contributed by atoms with van der Waals surface area (Å²) in [7, 11) is 4.42. The van der Waals surface area contributed by atoms with Gasteiger partial charge in [0.1, 0.15) is 5.58 Å². The average Bonchev–Trinajstić information content (AvgIpc) is 2.82. The summed E-state index contributed by atoms with van der Waals surface area (Å²) in [6.07, 6.45) is -1.54. The van der Waals surface area contributed by atoms with Crippen LogP contribution >= 0.6 is 0 Å². The van der Waals surface area contributed by atoms with Gasteiger partial charge in [0.2, 0.25) is 23.2 Å². The molecule has 2 heterocycles. The minimum absolute atomic E-state index is 0.000396. The SMILES string of the molecule is COc1cc(C2Oc3c(cc4c(=O)c5ccccc5oc4c3OC)OC2OC)ccc1O. The summed E-state index contributed by atoms with van der Waals surface area (Å²) in [5.74, 6) is 1.11. The van der Waals surface area contributed by atoms with Gasteiger partial charge in [0.25, 0.3) is 0 Å². The van der Waals surface area contributed by atoms with E-state index in [1.807, 2.05) is 0 Å². The number of hydrogen-bond donors (Lipinski definition) is 1. The van der Waals surface area contributed by atoms with Crippen LogP contribution < -0.4 is 24.4 Å². The van der Waals surface area contributed by atoms with Crippen LogP contribution in [0.3, 0.4) is 0 Å². The second kappa shape index (κ2) is 7.65. The Morgan fingerprint density at radius 1 is 0.938 bits per heavy atom. The van der Waals surface area contributed by atoms with E-state index in [1.165, 1.54) is 27.4 Å². The molecule has 3 aromatic carbocycles. The third kappa shape index (κ3) is 2.99. The number of hydrogen-bond acceptors (Lipinski definition) is 8. The lowest BCUT2D eigenvalue weighted by Gasteiger charge is -2.34. The molecule has 0 amide bonds. The first kappa shape index (κ1) is 20.0. The van der Waals surface area contributed by atoms with Gasteiger partial charge in [-0.1, -0.05) is 18.2 Å². The molecule has 0 fully saturated rings. The van der Waals surface area contributed by atoms with Crippen LogP contribution in [0.25, 0.3) is 21.9 Å². The van der Waals surface area contributed by atoms with E-state index < -0.39 is 12.4 Å². The van der Waals surface area contributed by atoms with Crippen molar-refractivity contribution in [1.29, 1.82) is 0 Å². The first-order valence-corrected chi connectivity index (χ1v) is 9.85. The Morgan fingerprint density at radius 2 is 1.75 bits per heavy atom. The lowest BCUT2D eigenvalue weighted by Crippen LogP contribution is -2.35. The lowest BCUT2D eigenvalue weighted by molar-refractivity contribution is -0.138. The van der Waals surface area contributed by atoms with Crippen LogP contribution in [0.15, 0.2) is 57.7 Å². The van der Waals surface area contributed by atoms with Gasteiger partial charge in [0.05, 0.1) is 25.0 Å². The standard InChI is InChI=1S/C24H20O8/c1-27-17-10-12(8-9-15(17)25)20-24(29-3)31-18-11-14-19(26)13-6-4-5-7-16(13)30-21(14)23(28-2)22(18)32-20/h4-11,20,24-25H,1-3H3. The highest BCUT2D eigenvalue weighted by Gasteiger charge is 2.37. The molecular formula is C24H20O8. The van der Waals surface area contributed by atoms with E-state index in [0.717, 1.165) is 0 Å². The molecule has 1 N–H and O–H groups in total. The summed E-state index contributed by atoms with van der Waals surface area (Å²) in [5.41, 5.74) is 1.15. The van der Waals surface area contributed by atoms with Crippen LogP contribution in [-0.2, 0) is 4.74 Å². The molecule has 8 nitrogen and oxygen atoms in total. The Bertz CT molecular complexity index is 1390. The van der Waals surface area contributed by atoms with Crippen LogP contribution in [0.2, 0.25) is 0 Å². The zero-order chi connectivity index (χ0) is 22.4. The molecule has 2 unspecified atom stereocenters. The summed E-state index contributed by atoms with van der Waals surface area (Å²) in [4.78, 5) is 13.1. The maximum atomic E-state index is 13.1. The Morgan fingerprint density at radius 3 is 2.50 bits per heavy atom. The van der Waals surface area contributed by atoms with E-state index in [1.54, 1.807) is 42.5 Å². The highest BCUT2D eigenvalue weighted by Crippen LogP contribution is 2.49. The molecular weight excluding hydrogens is 416 g/mol. The smallest absolute Gasteiger partial charge is 0.241 e. The zero-order valence-electron chi connectivity index (χ0n) is 17.6. The maximum absolute atomic E-state index is 13.1. The topological polar surface area (TPSA) is 96.6 Å². The van der Waals surface area contributed by atoms with Gasteiger partial charge >= 0.3 is 0 Å². The van der Waals surface area contributed by atoms with Gasteiger partial charge in [0, 0.05) is 12.7 Å². The average molecular weight is 436 g/mol. The normalized spacial score (nSPS) is 17.5. The van der Waals surface area contributed by atoms with E-state index in [0.29, 0.717) is 27.7 Å². The predicted molar refractivity (Wildman–Crippen MR) is 116 cm³/mol. The van der Waals surface area contributed by atoms with Gasteiger partial charge in [-0.25, -0.2) is 0 Å². The first-order valence-electron chi connectivity index (χ1n) is 9.85. The highest BCUT2D eigenvalue weighted by atomic mass is 16.7. The van der Waals surface area contributed by atoms with Crippen molar-refractivity contribution < 1.29 is 33.2 Å². The third-order valence-electron chi connectivity index (χ3n) is 5.45. The van der Waals surface area contributed by atoms with Crippen molar-refractivity contribution >= 4 is 21.9 Å². The van der Waals surface area contributed by atoms with Crippen LogP contribution in [0.5, 0.6) is 28.7 Å². The molecule has 0 aliphatic carbocycles. The monoisotopic (exact) mass is 436 g/mol. The molecule has 5 rings (SSSR count).